The molecular weight excluding hydrogens is 232 g/mol. The Kier molecular flexibility index (Phi) is 3.82. The van der Waals surface area contributed by atoms with Gasteiger partial charge in [0.2, 0.25) is 11.8 Å². The van der Waals surface area contributed by atoms with Gasteiger partial charge in [-0.2, -0.15) is 0 Å². The van der Waals surface area contributed by atoms with E-state index in [-0.39, 0.29) is 11.8 Å². The normalized spacial score (nSPS) is 15.2. The van der Waals surface area contributed by atoms with Gasteiger partial charge in [-0.1, -0.05) is 0 Å². The first-order valence-corrected chi connectivity index (χ1v) is 5.98. The highest BCUT2D eigenvalue weighted by atomic mass is 16.5. The maximum Gasteiger partial charge on any atom is 0.229 e. The third-order valence-corrected chi connectivity index (χ3v) is 2.83. The molecule has 1 aromatic rings. The Bertz CT molecular complexity index is 426. The highest BCUT2D eigenvalue weighted by Crippen LogP contribution is 2.14. The number of ether oxygens (including phenoxy) is 1. The van der Waals surface area contributed by atoms with Crippen LogP contribution in [0.3, 0.4) is 0 Å². The average Bonchev–Trinajstić information content (AvgIpc) is 2.68. The lowest BCUT2D eigenvalue weighted by Crippen LogP contribution is -2.30. The van der Waals surface area contributed by atoms with Crippen molar-refractivity contribution in [3.8, 4) is 5.75 Å². The number of likely N-dealkylation sites (tertiary alicyclic amines) is 1. The smallest absolute Gasteiger partial charge is 0.229 e. The second-order valence-electron chi connectivity index (χ2n) is 4.21. The third-order valence-electron chi connectivity index (χ3n) is 2.83. The Morgan fingerprint density at radius 3 is 2.33 bits per heavy atom. The van der Waals surface area contributed by atoms with Gasteiger partial charge in [0.05, 0.1) is 6.61 Å². The fourth-order valence-corrected chi connectivity index (χ4v) is 1.85. The van der Waals surface area contributed by atoms with Crippen molar-refractivity contribution in [1.82, 2.24) is 4.90 Å². The summed E-state index contributed by atoms with van der Waals surface area (Å²) in [5, 5.41) is 0. The van der Waals surface area contributed by atoms with Crippen LogP contribution in [0, 0.1) is 0 Å². The summed E-state index contributed by atoms with van der Waals surface area (Å²) in [6, 6.07) is 7.12. The number of anilines is 1. The van der Waals surface area contributed by atoms with Gasteiger partial charge in [-0.25, -0.2) is 0 Å². The van der Waals surface area contributed by atoms with Crippen molar-refractivity contribution >= 4 is 17.5 Å². The number of carbonyl (C=O) groups is 2. The second-order valence-corrected chi connectivity index (χ2v) is 4.21. The molecule has 0 unspecified atom stereocenters. The quantitative estimate of drug-likeness (QED) is 0.482. The second kappa shape index (κ2) is 5.53. The number of amides is 2. The van der Waals surface area contributed by atoms with Crippen molar-refractivity contribution in [3.63, 3.8) is 0 Å². The fourth-order valence-electron chi connectivity index (χ4n) is 1.85. The van der Waals surface area contributed by atoms with Crippen molar-refractivity contribution in [2.24, 2.45) is 0 Å². The first kappa shape index (κ1) is 12.4. The minimum atomic E-state index is -0.0764. The molecule has 1 saturated heterocycles. The van der Waals surface area contributed by atoms with Crippen LogP contribution in [0.4, 0.5) is 5.69 Å². The highest BCUT2D eigenvalue weighted by molar-refractivity contribution is 6.01. The largest absolute Gasteiger partial charge is 0.494 e. The number of nitrogen functional groups attached to an aromatic ring is 1. The zero-order valence-corrected chi connectivity index (χ0v) is 10.1. The zero-order valence-electron chi connectivity index (χ0n) is 10.1. The molecule has 0 bridgehead atoms. The number of rotatable bonds is 5. The lowest BCUT2D eigenvalue weighted by Gasteiger charge is -2.13. The number of hydrogen-bond donors (Lipinski definition) is 1. The van der Waals surface area contributed by atoms with Crippen molar-refractivity contribution in [1.29, 1.82) is 0 Å². The van der Waals surface area contributed by atoms with Crippen LogP contribution < -0.4 is 10.5 Å². The highest BCUT2D eigenvalue weighted by Gasteiger charge is 2.27. The summed E-state index contributed by atoms with van der Waals surface area (Å²) in [6.45, 7) is 0.910. The molecule has 0 aromatic heterocycles. The van der Waals surface area contributed by atoms with E-state index < -0.39 is 0 Å². The monoisotopic (exact) mass is 248 g/mol. The Morgan fingerprint density at radius 1 is 1.11 bits per heavy atom. The summed E-state index contributed by atoms with van der Waals surface area (Å²) in [4.78, 5) is 24.0. The van der Waals surface area contributed by atoms with Crippen LogP contribution in [-0.2, 0) is 9.59 Å². The standard InChI is InChI=1S/C13H16N2O3/c14-10-2-4-11(5-3-10)18-9-1-8-15-12(16)6-7-13(15)17/h2-5H,1,6-9,14H2. The van der Waals surface area contributed by atoms with Gasteiger partial charge in [0, 0.05) is 25.1 Å². The Hall–Kier alpha value is -2.04. The molecule has 1 aliphatic heterocycles. The molecule has 5 heteroatoms. The maximum atomic E-state index is 11.3. The predicted molar refractivity (Wildman–Crippen MR) is 66.9 cm³/mol. The minimum absolute atomic E-state index is 0.0764. The van der Waals surface area contributed by atoms with Gasteiger partial charge < -0.3 is 10.5 Å². The van der Waals surface area contributed by atoms with Gasteiger partial charge in [-0.15, -0.1) is 0 Å². The number of benzene rings is 1. The molecule has 2 rings (SSSR count). The topological polar surface area (TPSA) is 72.6 Å². The number of hydrogen-bond acceptors (Lipinski definition) is 4. The molecule has 0 atom stereocenters. The molecule has 96 valence electrons. The first-order valence-electron chi connectivity index (χ1n) is 5.98. The SMILES string of the molecule is Nc1ccc(OCCCN2C(=O)CCC2=O)cc1. The summed E-state index contributed by atoms with van der Waals surface area (Å²) < 4.78 is 5.49. The summed E-state index contributed by atoms with van der Waals surface area (Å²) >= 11 is 0. The van der Waals surface area contributed by atoms with Crippen molar-refractivity contribution in [2.45, 2.75) is 19.3 Å². The van der Waals surface area contributed by atoms with E-state index in [0.29, 0.717) is 38.1 Å². The van der Waals surface area contributed by atoms with E-state index in [1.54, 1.807) is 24.3 Å². The van der Waals surface area contributed by atoms with E-state index in [4.69, 9.17) is 10.5 Å². The molecule has 0 radical (unpaired) electrons. The van der Waals surface area contributed by atoms with Crippen LogP contribution in [0.25, 0.3) is 0 Å². The van der Waals surface area contributed by atoms with Crippen LogP contribution in [0.15, 0.2) is 24.3 Å². The first-order chi connectivity index (χ1) is 8.66. The summed E-state index contributed by atoms with van der Waals surface area (Å²) in [6.07, 6.45) is 1.33. The molecule has 1 aromatic carbocycles. The molecule has 18 heavy (non-hydrogen) atoms. The van der Waals surface area contributed by atoms with Crippen LogP contribution in [0.2, 0.25) is 0 Å². The molecule has 2 amide bonds. The lowest BCUT2D eigenvalue weighted by atomic mass is 10.3. The van der Waals surface area contributed by atoms with Crippen LogP contribution in [0.1, 0.15) is 19.3 Å². The third kappa shape index (κ3) is 3.00. The molecule has 1 fully saturated rings. The zero-order chi connectivity index (χ0) is 13.0. The molecule has 2 N–H and O–H groups in total. The molecule has 0 spiro atoms. The van der Waals surface area contributed by atoms with Crippen molar-refractivity contribution < 1.29 is 14.3 Å². The summed E-state index contributed by atoms with van der Waals surface area (Å²) in [5.74, 6) is 0.586. The number of nitrogens with zero attached hydrogens (tertiary/aromatic N) is 1. The van der Waals surface area contributed by atoms with E-state index in [1.807, 2.05) is 0 Å². The van der Waals surface area contributed by atoms with Gasteiger partial charge in [-0.05, 0) is 30.7 Å². The van der Waals surface area contributed by atoms with Crippen LogP contribution in [0.5, 0.6) is 5.75 Å². The van der Waals surface area contributed by atoms with E-state index >= 15 is 0 Å². The van der Waals surface area contributed by atoms with Gasteiger partial charge in [-0.3, -0.25) is 14.5 Å². The molecule has 1 aliphatic rings. The van der Waals surface area contributed by atoms with E-state index in [2.05, 4.69) is 0 Å². The van der Waals surface area contributed by atoms with E-state index in [0.717, 1.165) is 5.75 Å². The summed E-state index contributed by atoms with van der Waals surface area (Å²) in [5.41, 5.74) is 6.25. The number of nitrogens with two attached hydrogens (primary N) is 1. The maximum absolute atomic E-state index is 11.3. The minimum Gasteiger partial charge on any atom is -0.494 e. The molecule has 0 saturated carbocycles. The fraction of sp³-hybridized carbons (Fsp3) is 0.385. The van der Waals surface area contributed by atoms with Crippen LogP contribution >= 0.6 is 0 Å². The average molecular weight is 248 g/mol. The van der Waals surface area contributed by atoms with Gasteiger partial charge in [0.25, 0.3) is 0 Å². The number of imide groups is 1. The van der Waals surface area contributed by atoms with Crippen molar-refractivity contribution in [2.75, 3.05) is 18.9 Å². The number of carbonyl (C=O) groups excluding carboxylic acids is 2. The van der Waals surface area contributed by atoms with E-state index in [9.17, 15) is 9.59 Å². The molecule has 1 heterocycles. The van der Waals surface area contributed by atoms with Gasteiger partial charge in [0.1, 0.15) is 5.75 Å². The van der Waals surface area contributed by atoms with Gasteiger partial charge >= 0.3 is 0 Å². The predicted octanol–water partition coefficient (Wildman–Crippen LogP) is 1.19. The van der Waals surface area contributed by atoms with Crippen molar-refractivity contribution in [3.05, 3.63) is 24.3 Å². The molecule has 0 aliphatic carbocycles. The van der Waals surface area contributed by atoms with E-state index in [1.165, 1.54) is 4.90 Å². The Morgan fingerprint density at radius 2 is 1.72 bits per heavy atom. The Balaban J connectivity index is 1.71. The summed E-state index contributed by atoms with van der Waals surface area (Å²) in [7, 11) is 0. The lowest BCUT2D eigenvalue weighted by molar-refractivity contribution is -0.138. The molecule has 5 nitrogen and oxygen atoms in total. The Labute approximate surface area is 106 Å². The molecular formula is C13H16N2O3. The van der Waals surface area contributed by atoms with Gasteiger partial charge in [0.15, 0.2) is 0 Å². The van der Waals surface area contributed by atoms with Crippen LogP contribution in [-0.4, -0.2) is 29.9 Å².